The minimum Gasteiger partial charge on any atom is -0.481 e. The van der Waals surface area contributed by atoms with Crippen molar-refractivity contribution >= 4 is 23.6 Å². The van der Waals surface area contributed by atoms with Crippen molar-refractivity contribution in [1.29, 1.82) is 0 Å². The van der Waals surface area contributed by atoms with Crippen molar-refractivity contribution in [2.75, 3.05) is 12.3 Å². The van der Waals surface area contributed by atoms with Gasteiger partial charge in [-0.2, -0.15) is 13.2 Å². The van der Waals surface area contributed by atoms with Gasteiger partial charge in [-0.1, -0.05) is 12.8 Å². The van der Waals surface area contributed by atoms with Gasteiger partial charge in [0, 0.05) is 13.0 Å². The molecule has 0 unspecified atom stereocenters. The molecule has 0 spiro atoms. The van der Waals surface area contributed by atoms with E-state index in [9.17, 15) is 22.8 Å². The van der Waals surface area contributed by atoms with Gasteiger partial charge >= 0.3 is 11.5 Å². The van der Waals surface area contributed by atoms with Gasteiger partial charge in [-0.3, -0.25) is 9.59 Å². The first-order valence-electron chi connectivity index (χ1n) is 5.50. The van der Waals surface area contributed by atoms with Crippen molar-refractivity contribution in [3.05, 3.63) is 0 Å². The number of carbonyl (C=O) groups excluding carboxylic acids is 1. The number of hydrogen-bond acceptors (Lipinski definition) is 3. The highest BCUT2D eigenvalue weighted by atomic mass is 32.2. The topological polar surface area (TPSA) is 66.4 Å². The molecule has 0 atom stereocenters. The maximum Gasteiger partial charge on any atom is 0.442 e. The second-order valence-corrected chi connectivity index (χ2v) is 4.68. The summed E-state index contributed by atoms with van der Waals surface area (Å²) in [6.07, 6.45) is 2.82. The number of rotatable bonds is 9. The summed E-state index contributed by atoms with van der Waals surface area (Å²) in [4.78, 5) is 21.1. The molecule has 0 heterocycles. The van der Waals surface area contributed by atoms with Gasteiger partial charge in [0.05, 0.1) is 5.75 Å². The molecule has 0 aromatic carbocycles. The van der Waals surface area contributed by atoms with Crippen LogP contribution in [0.5, 0.6) is 0 Å². The standard InChI is InChI=1S/C10H16F3NO3S/c11-10(12,13)18-7-8(15)14-6-4-2-1-3-5-9(16)17/h1-7H2,(H,14,15)(H,16,17). The van der Waals surface area contributed by atoms with E-state index in [1.54, 1.807) is 0 Å². The summed E-state index contributed by atoms with van der Waals surface area (Å²) in [7, 11) is 0. The van der Waals surface area contributed by atoms with Crippen LogP contribution in [-0.2, 0) is 9.59 Å². The Hall–Kier alpha value is -0.920. The summed E-state index contributed by atoms with van der Waals surface area (Å²) in [6.45, 7) is 0.324. The molecule has 0 aliphatic carbocycles. The molecular formula is C10H16F3NO3S. The number of thioether (sulfide) groups is 1. The highest BCUT2D eigenvalue weighted by Gasteiger charge is 2.29. The third-order valence-corrected chi connectivity index (χ3v) is 2.74. The Bertz CT molecular complexity index is 272. The molecule has 0 radical (unpaired) electrons. The highest BCUT2D eigenvalue weighted by Crippen LogP contribution is 2.29. The Morgan fingerprint density at radius 3 is 2.28 bits per heavy atom. The minimum atomic E-state index is -4.38. The number of carboxylic acid groups (broad SMARTS) is 1. The monoisotopic (exact) mass is 287 g/mol. The van der Waals surface area contributed by atoms with Crippen molar-refractivity contribution in [2.24, 2.45) is 0 Å². The fourth-order valence-electron chi connectivity index (χ4n) is 1.18. The minimum absolute atomic E-state index is 0.120. The second-order valence-electron chi connectivity index (χ2n) is 3.64. The van der Waals surface area contributed by atoms with E-state index in [1.807, 2.05) is 0 Å². The predicted molar refractivity (Wildman–Crippen MR) is 62.2 cm³/mol. The fourth-order valence-corrected chi connectivity index (χ4v) is 1.58. The van der Waals surface area contributed by atoms with Crippen molar-refractivity contribution in [3.8, 4) is 0 Å². The molecule has 0 fully saturated rings. The van der Waals surface area contributed by atoms with Crippen LogP contribution in [0.2, 0.25) is 0 Å². The number of hydrogen-bond donors (Lipinski definition) is 2. The van der Waals surface area contributed by atoms with Crippen LogP contribution in [0.15, 0.2) is 0 Å². The first-order valence-corrected chi connectivity index (χ1v) is 6.49. The third kappa shape index (κ3) is 13.1. The molecule has 0 saturated carbocycles. The Kier molecular flexibility index (Phi) is 8.61. The molecule has 0 rings (SSSR count). The summed E-state index contributed by atoms with van der Waals surface area (Å²) in [5.41, 5.74) is -4.38. The molecule has 4 nitrogen and oxygen atoms in total. The molecule has 0 bridgehead atoms. The first-order chi connectivity index (χ1) is 8.31. The maximum absolute atomic E-state index is 11.7. The zero-order valence-corrected chi connectivity index (χ0v) is 10.6. The summed E-state index contributed by atoms with van der Waals surface area (Å²) in [5.74, 6) is -2.10. The van der Waals surface area contributed by atoms with Crippen molar-refractivity contribution in [2.45, 2.75) is 37.6 Å². The molecule has 0 saturated heterocycles. The van der Waals surface area contributed by atoms with E-state index in [-0.39, 0.29) is 18.2 Å². The molecule has 1 amide bonds. The lowest BCUT2D eigenvalue weighted by molar-refractivity contribution is -0.137. The van der Waals surface area contributed by atoms with Gasteiger partial charge in [0.2, 0.25) is 5.91 Å². The van der Waals surface area contributed by atoms with Gasteiger partial charge in [0.25, 0.3) is 0 Å². The Labute approximate surface area is 107 Å². The van der Waals surface area contributed by atoms with E-state index < -0.39 is 23.1 Å². The van der Waals surface area contributed by atoms with Crippen LogP contribution in [-0.4, -0.2) is 34.8 Å². The number of nitrogens with one attached hydrogen (secondary N) is 1. The SMILES string of the molecule is O=C(O)CCCCCCNC(=O)CSC(F)(F)F. The summed E-state index contributed by atoms with van der Waals surface area (Å²) in [5, 5.41) is 10.7. The highest BCUT2D eigenvalue weighted by molar-refractivity contribution is 8.00. The lowest BCUT2D eigenvalue weighted by Gasteiger charge is -2.06. The van der Waals surface area contributed by atoms with Crippen LogP contribution in [0.25, 0.3) is 0 Å². The quantitative estimate of drug-likeness (QED) is 0.639. The van der Waals surface area contributed by atoms with Crippen LogP contribution in [0.1, 0.15) is 32.1 Å². The average Bonchev–Trinajstić information content (AvgIpc) is 2.23. The molecule has 2 N–H and O–H groups in total. The maximum atomic E-state index is 11.7. The van der Waals surface area contributed by atoms with Crippen molar-refractivity contribution in [1.82, 2.24) is 5.32 Å². The fraction of sp³-hybridized carbons (Fsp3) is 0.800. The number of carbonyl (C=O) groups is 2. The van der Waals surface area contributed by atoms with E-state index in [0.29, 0.717) is 19.4 Å². The van der Waals surface area contributed by atoms with E-state index in [0.717, 1.165) is 12.8 Å². The zero-order chi connectivity index (χ0) is 14.0. The molecule has 0 aliphatic rings. The van der Waals surface area contributed by atoms with Gasteiger partial charge in [-0.05, 0) is 24.6 Å². The third-order valence-electron chi connectivity index (χ3n) is 2.01. The molecule has 0 aromatic heterocycles. The number of alkyl halides is 3. The number of carboxylic acids is 1. The van der Waals surface area contributed by atoms with E-state index in [2.05, 4.69) is 5.32 Å². The summed E-state index contributed by atoms with van der Waals surface area (Å²) < 4.78 is 35.2. The van der Waals surface area contributed by atoms with Crippen LogP contribution < -0.4 is 5.32 Å². The zero-order valence-electron chi connectivity index (χ0n) is 9.76. The predicted octanol–water partition coefficient (Wildman–Crippen LogP) is 2.39. The molecular weight excluding hydrogens is 271 g/mol. The van der Waals surface area contributed by atoms with Gasteiger partial charge in [-0.15, -0.1) is 0 Å². The number of unbranched alkanes of at least 4 members (excludes halogenated alkanes) is 3. The van der Waals surface area contributed by atoms with Gasteiger partial charge in [-0.25, -0.2) is 0 Å². The van der Waals surface area contributed by atoms with E-state index in [1.165, 1.54) is 0 Å². The summed E-state index contributed by atoms with van der Waals surface area (Å²) in [6, 6.07) is 0. The smallest absolute Gasteiger partial charge is 0.442 e. The van der Waals surface area contributed by atoms with Crippen molar-refractivity contribution < 1.29 is 27.9 Å². The largest absolute Gasteiger partial charge is 0.481 e. The lowest BCUT2D eigenvalue weighted by Crippen LogP contribution is -2.27. The average molecular weight is 287 g/mol. The molecule has 8 heteroatoms. The van der Waals surface area contributed by atoms with Crippen LogP contribution in [0.4, 0.5) is 13.2 Å². The van der Waals surface area contributed by atoms with Crippen LogP contribution in [0.3, 0.4) is 0 Å². The Morgan fingerprint density at radius 2 is 1.72 bits per heavy atom. The van der Waals surface area contributed by atoms with Crippen LogP contribution >= 0.6 is 11.8 Å². The van der Waals surface area contributed by atoms with Gasteiger partial charge in [0.15, 0.2) is 0 Å². The molecule has 106 valence electrons. The molecule has 0 aromatic rings. The Morgan fingerprint density at radius 1 is 1.11 bits per heavy atom. The van der Waals surface area contributed by atoms with E-state index in [4.69, 9.17) is 5.11 Å². The van der Waals surface area contributed by atoms with Gasteiger partial charge < -0.3 is 10.4 Å². The van der Waals surface area contributed by atoms with Crippen LogP contribution in [0, 0.1) is 0 Å². The van der Waals surface area contributed by atoms with Crippen molar-refractivity contribution in [3.63, 3.8) is 0 Å². The van der Waals surface area contributed by atoms with Gasteiger partial charge in [0.1, 0.15) is 0 Å². The first kappa shape index (κ1) is 17.1. The number of amides is 1. The normalized spacial score (nSPS) is 11.3. The summed E-state index contributed by atoms with van der Waals surface area (Å²) >= 11 is -0.361. The molecule has 18 heavy (non-hydrogen) atoms. The van der Waals surface area contributed by atoms with E-state index >= 15 is 0 Å². The number of halogens is 3. The molecule has 0 aliphatic heterocycles. The second kappa shape index (κ2) is 9.07. The number of aliphatic carboxylic acids is 1. The Balaban J connectivity index is 3.33. The lowest BCUT2D eigenvalue weighted by atomic mass is 10.1.